The Morgan fingerprint density at radius 2 is 1.81 bits per heavy atom. The van der Waals surface area contributed by atoms with Gasteiger partial charge in [-0.2, -0.15) is 0 Å². The van der Waals surface area contributed by atoms with Crippen molar-refractivity contribution in [3.05, 3.63) is 11.8 Å². The normalized spacial score (nSPS) is 45.6. The second-order valence-electron chi connectivity index (χ2n) is 12.2. The van der Waals surface area contributed by atoms with E-state index in [9.17, 15) is 30.3 Å². The molecule has 0 aromatic heterocycles. The number of nitrogens with one attached hydrogen (secondary N) is 3. The van der Waals surface area contributed by atoms with Gasteiger partial charge in [0.15, 0.2) is 11.9 Å². The van der Waals surface area contributed by atoms with Gasteiger partial charge in [-0.25, -0.2) is 0 Å². The molecule has 0 aromatic carbocycles. The molecule has 43 heavy (non-hydrogen) atoms. The molecule has 0 spiro atoms. The summed E-state index contributed by atoms with van der Waals surface area (Å²) in [5, 5.41) is 70.6. The summed E-state index contributed by atoms with van der Waals surface area (Å²) in [6.07, 6.45) is -6.24. The van der Waals surface area contributed by atoms with Crippen LogP contribution >= 0.6 is 0 Å². The van der Waals surface area contributed by atoms with Gasteiger partial charge in [-0.3, -0.25) is 4.79 Å². The highest BCUT2D eigenvalue weighted by Crippen LogP contribution is 2.36. The van der Waals surface area contributed by atoms with E-state index in [0.29, 0.717) is 12.2 Å². The molecule has 3 fully saturated rings. The number of carbonyl (C=O) groups is 1. The molecule has 0 aromatic rings. The molecule has 15 N–H and O–H groups in total. The molecule has 4 rings (SSSR count). The first-order valence-electron chi connectivity index (χ1n) is 14.6. The minimum atomic E-state index is -1.75. The fraction of sp³-hybridized carbons (Fsp3) is 0.885. The standard InChI is InChI=1S/C26H48N6O11/c1-25(38)10-40-23(18(36)21(25)30-2)43-20-15(32-24(37)26(39)6-16(26)29)5-14(28)19(17(20)35)42-22-13(27)4-3-12(41-22)8-31-7-11(34)9-33/h3,11,13-23,30-31,33-36,38-39H,4-10,27-29H2,1-2H3,(H,32,37)/t11?,13-,14+,15-,16?,17+,18-,19?,20+,21-,22-,23-,25+,26?/m1/s1. The number of carbonyl (C=O) groups excluding carboxylic acids is 1. The van der Waals surface area contributed by atoms with Gasteiger partial charge in [-0.1, -0.05) is 0 Å². The molecular weight excluding hydrogens is 572 g/mol. The first-order chi connectivity index (χ1) is 20.2. The first-order valence-corrected chi connectivity index (χ1v) is 14.6. The van der Waals surface area contributed by atoms with E-state index < -0.39 is 97.0 Å². The van der Waals surface area contributed by atoms with Crippen LogP contribution in [0.5, 0.6) is 0 Å². The van der Waals surface area contributed by atoms with Gasteiger partial charge < -0.3 is 82.7 Å². The quantitative estimate of drug-likeness (QED) is 0.0966. The average Bonchev–Trinajstić information content (AvgIpc) is 3.58. The lowest BCUT2D eigenvalue weighted by molar-refractivity contribution is -0.304. The maximum atomic E-state index is 12.9. The second kappa shape index (κ2) is 13.8. The van der Waals surface area contributed by atoms with E-state index in [4.69, 9.17) is 41.3 Å². The number of aliphatic hydroxyl groups is 6. The zero-order chi connectivity index (χ0) is 31.7. The smallest absolute Gasteiger partial charge is 0.253 e. The van der Waals surface area contributed by atoms with Crippen LogP contribution in [0.3, 0.4) is 0 Å². The zero-order valence-corrected chi connectivity index (χ0v) is 24.4. The van der Waals surface area contributed by atoms with Crippen molar-refractivity contribution >= 4 is 5.91 Å². The van der Waals surface area contributed by atoms with Gasteiger partial charge in [0.05, 0.1) is 44.0 Å². The Hall–Kier alpha value is -1.55. The van der Waals surface area contributed by atoms with Crippen molar-refractivity contribution in [2.24, 2.45) is 17.2 Å². The van der Waals surface area contributed by atoms with E-state index in [1.807, 2.05) is 0 Å². The Bertz CT molecular complexity index is 993. The summed E-state index contributed by atoms with van der Waals surface area (Å²) in [6.45, 7) is 1.26. The van der Waals surface area contributed by atoms with Crippen molar-refractivity contribution in [2.75, 3.05) is 33.4 Å². The van der Waals surface area contributed by atoms with Crippen LogP contribution < -0.4 is 33.2 Å². The lowest BCUT2D eigenvalue weighted by Gasteiger charge is -2.49. The van der Waals surface area contributed by atoms with Crippen molar-refractivity contribution in [3.63, 3.8) is 0 Å². The highest BCUT2D eigenvalue weighted by atomic mass is 16.7. The first kappa shape index (κ1) is 34.3. The molecule has 4 aliphatic rings. The molecule has 1 amide bonds. The van der Waals surface area contributed by atoms with E-state index >= 15 is 0 Å². The summed E-state index contributed by atoms with van der Waals surface area (Å²) in [5.41, 5.74) is 15.3. The number of nitrogens with two attached hydrogens (primary N) is 3. The van der Waals surface area contributed by atoms with Gasteiger partial charge >= 0.3 is 0 Å². The summed E-state index contributed by atoms with van der Waals surface area (Å²) in [7, 11) is 1.56. The summed E-state index contributed by atoms with van der Waals surface area (Å²) in [5.74, 6) is -0.267. The molecule has 2 aliphatic heterocycles. The molecule has 2 heterocycles. The SMILES string of the molecule is CN[C@@H]1[C@@H](O)[C@@H](O[C@H]2[C@H](NC(=O)C3(O)CC3N)C[C@H](N)C(O[C@H]3OC(CNCC(O)CO)=CC[C@H]3N)[C@@H]2O)OC[C@]1(C)O. The van der Waals surface area contributed by atoms with E-state index in [2.05, 4.69) is 16.0 Å². The lowest BCUT2D eigenvalue weighted by atomic mass is 9.83. The van der Waals surface area contributed by atoms with E-state index in [1.165, 1.54) is 6.92 Å². The molecule has 1 saturated heterocycles. The predicted molar refractivity (Wildman–Crippen MR) is 149 cm³/mol. The number of likely N-dealkylation sites (N-methyl/N-ethyl adjacent to an activating group) is 1. The van der Waals surface area contributed by atoms with Crippen molar-refractivity contribution in [1.82, 2.24) is 16.0 Å². The van der Waals surface area contributed by atoms with E-state index in [-0.39, 0.29) is 32.5 Å². The Kier molecular flexibility index (Phi) is 11.0. The van der Waals surface area contributed by atoms with Gasteiger partial charge in [0.2, 0.25) is 6.29 Å². The van der Waals surface area contributed by atoms with Crippen molar-refractivity contribution < 1.29 is 54.4 Å². The van der Waals surface area contributed by atoms with Crippen molar-refractivity contribution in [2.45, 2.75) is 111 Å². The van der Waals surface area contributed by atoms with E-state index in [1.54, 1.807) is 13.1 Å². The maximum Gasteiger partial charge on any atom is 0.253 e. The molecule has 17 heteroatoms. The third kappa shape index (κ3) is 7.64. The highest BCUT2D eigenvalue weighted by Gasteiger charge is 2.59. The maximum absolute atomic E-state index is 12.9. The summed E-state index contributed by atoms with van der Waals surface area (Å²) in [4.78, 5) is 12.9. The summed E-state index contributed by atoms with van der Waals surface area (Å²) >= 11 is 0. The molecule has 14 atom stereocenters. The summed E-state index contributed by atoms with van der Waals surface area (Å²) in [6, 6.07) is -3.99. The Morgan fingerprint density at radius 3 is 2.44 bits per heavy atom. The fourth-order valence-corrected chi connectivity index (χ4v) is 5.78. The molecule has 2 aliphatic carbocycles. The third-order valence-electron chi connectivity index (χ3n) is 8.56. The monoisotopic (exact) mass is 620 g/mol. The van der Waals surface area contributed by atoms with Gasteiger partial charge in [-0.05, 0) is 32.9 Å². The molecule has 17 nitrogen and oxygen atoms in total. The lowest BCUT2D eigenvalue weighted by Crippen LogP contribution is -2.69. The molecule has 248 valence electrons. The molecule has 0 bridgehead atoms. The number of amides is 1. The van der Waals surface area contributed by atoms with Crippen LogP contribution in [-0.4, -0.2) is 154 Å². The third-order valence-corrected chi connectivity index (χ3v) is 8.56. The van der Waals surface area contributed by atoms with Crippen LogP contribution in [-0.2, 0) is 23.7 Å². The molecule has 4 unspecified atom stereocenters. The molecule has 2 saturated carbocycles. The van der Waals surface area contributed by atoms with Crippen LogP contribution in [0.15, 0.2) is 11.8 Å². The fourth-order valence-electron chi connectivity index (χ4n) is 5.78. The summed E-state index contributed by atoms with van der Waals surface area (Å²) < 4.78 is 23.7. The van der Waals surface area contributed by atoms with E-state index in [0.717, 1.165) is 0 Å². The van der Waals surface area contributed by atoms with Gasteiger partial charge in [-0.15, -0.1) is 0 Å². The van der Waals surface area contributed by atoms with Gasteiger partial charge in [0.1, 0.15) is 35.8 Å². The van der Waals surface area contributed by atoms with Crippen LogP contribution in [0.4, 0.5) is 0 Å². The van der Waals surface area contributed by atoms with Crippen LogP contribution in [0, 0.1) is 0 Å². The topological polar surface area (TPSA) is 290 Å². The average molecular weight is 621 g/mol. The van der Waals surface area contributed by atoms with Crippen molar-refractivity contribution in [3.8, 4) is 0 Å². The minimum Gasteiger partial charge on any atom is -0.467 e. The van der Waals surface area contributed by atoms with Gasteiger partial charge in [0, 0.05) is 25.0 Å². The number of aliphatic hydroxyl groups excluding tert-OH is 4. The predicted octanol–water partition coefficient (Wildman–Crippen LogP) is -6.25. The Labute approximate surface area is 249 Å². The zero-order valence-electron chi connectivity index (χ0n) is 24.4. The number of hydrogen-bond acceptors (Lipinski definition) is 16. The largest absolute Gasteiger partial charge is 0.467 e. The number of ether oxygens (including phenoxy) is 4. The second-order valence-corrected chi connectivity index (χ2v) is 12.2. The molecule has 0 radical (unpaired) electrons. The highest BCUT2D eigenvalue weighted by molar-refractivity contribution is 5.89. The number of rotatable bonds is 12. The number of hydrogen-bond donors (Lipinski definition) is 12. The minimum absolute atomic E-state index is 0.0324. The Morgan fingerprint density at radius 1 is 1.14 bits per heavy atom. The van der Waals surface area contributed by atoms with Crippen LogP contribution in [0.2, 0.25) is 0 Å². The molecular formula is C26H48N6O11. The Balaban J connectivity index is 1.48. The van der Waals surface area contributed by atoms with Crippen molar-refractivity contribution in [1.29, 1.82) is 0 Å². The van der Waals surface area contributed by atoms with Gasteiger partial charge in [0.25, 0.3) is 5.91 Å². The van der Waals surface area contributed by atoms with Crippen LogP contribution in [0.25, 0.3) is 0 Å². The van der Waals surface area contributed by atoms with Crippen LogP contribution in [0.1, 0.15) is 26.2 Å².